The highest BCUT2D eigenvalue weighted by atomic mass is 16.5. The van der Waals surface area contributed by atoms with Crippen LogP contribution in [0.1, 0.15) is 50.5 Å². The van der Waals surface area contributed by atoms with E-state index in [1.54, 1.807) is 0 Å². The summed E-state index contributed by atoms with van der Waals surface area (Å²) in [7, 11) is 0. The Balaban J connectivity index is 1.43. The van der Waals surface area contributed by atoms with Crippen LogP contribution in [0.2, 0.25) is 0 Å². The minimum atomic E-state index is 0.711. The molecule has 0 aliphatic rings. The Kier molecular flexibility index (Phi) is 8.67. The molecule has 4 nitrogen and oxygen atoms in total. The van der Waals surface area contributed by atoms with Crippen molar-refractivity contribution in [2.45, 2.75) is 51.9 Å². The SMILES string of the molecule is Cc1c(N)cccc1OCCCCCCCCCOc1ccccc1N. The molecule has 0 amide bonds. The number of ether oxygens (including phenoxy) is 2. The van der Waals surface area contributed by atoms with Crippen LogP contribution < -0.4 is 20.9 Å². The monoisotopic (exact) mass is 356 g/mol. The van der Waals surface area contributed by atoms with Crippen LogP contribution in [0.4, 0.5) is 11.4 Å². The first-order valence-electron chi connectivity index (χ1n) is 9.63. The molecule has 0 saturated heterocycles. The van der Waals surface area contributed by atoms with Gasteiger partial charge in [0.1, 0.15) is 11.5 Å². The highest BCUT2D eigenvalue weighted by Crippen LogP contribution is 2.23. The van der Waals surface area contributed by atoms with E-state index in [9.17, 15) is 0 Å². The molecule has 4 N–H and O–H groups in total. The van der Waals surface area contributed by atoms with Crippen molar-refractivity contribution in [1.29, 1.82) is 0 Å². The van der Waals surface area contributed by atoms with Crippen molar-refractivity contribution in [3.05, 3.63) is 48.0 Å². The lowest BCUT2D eigenvalue weighted by molar-refractivity contribution is 0.299. The summed E-state index contributed by atoms with van der Waals surface area (Å²) in [5.41, 5.74) is 14.3. The van der Waals surface area contributed by atoms with Crippen molar-refractivity contribution in [2.24, 2.45) is 0 Å². The molecule has 0 saturated carbocycles. The number of nitrogens with two attached hydrogens (primary N) is 2. The van der Waals surface area contributed by atoms with Gasteiger partial charge in [0.25, 0.3) is 0 Å². The van der Waals surface area contributed by atoms with Gasteiger partial charge in [0, 0.05) is 11.3 Å². The fourth-order valence-corrected chi connectivity index (χ4v) is 2.85. The molecule has 26 heavy (non-hydrogen) atoms. The molecule has 2 aromatic carbocycles. The third-order valence-electron chi connectivity index (χ3n) is 4.55. The van der Waals surface area contributed by atoms with Crippen molar-refractivity contribution < 1.29 is 9.47 Å². The second kappa shape index (κ2) is 11.3. The van der Waals surface area contributed by atoms with Crippen LogP contribution >= 0.6 is 0 Å². The summed E-state index contributed by atoms with van der Waals surface area (Å²) in [5, 5.41) is 0. The van der Waals surface area contributed by atoms with Gasteiger partial charge in [0.05, 0.1) is 18.9 Å². The number of anilines is 2. The highest BCUT2D eigenvalue weighted by molar-refractivity contribution is 5.53. The van der Waals surface area contributed by atoms with Gasteiger partial charge in [-0.05, 0) is 44.0 Å². The van der Waals surface area contributed by atoms with E-state index >= 15 is 0 Å². The van der Waals surface area contributed by atoms with Gasteiger partial charge in [0.2, 0.25) is 0 Å². The Bertz CT molecular complexity index is 658. The first-order chi connectivity index (χ1) is 12.7. The maximum atomic E-state index is 5.89. The van der Waals surface area contributed by atoms with Crippen LogP contribution in [0, 0.1) is 6.92 Å². The van der Waals surface area contributed by atoms with Gasteiger partial charge < -0.3 is 20.9 Å². The number of para-hydroxylation sites is 2. The lowest BCUT2D eigenvalue weighted by Crippen LogP contribution is -2.01. The summed E-state index contributed by atoms with van der Waals surface area (Å²) in [4.78, 5) is 0. The predicted octanol–water partition coefficient (Wildman–Crippen LogP) is 5.35. The van der Waals surface area contributed by atoms with E-state index in [-0.39, 0.29) is 0 Å². The topological polar surface area (TPSA) is 70.5 Å². The number of unbranched alkanes of at least 4 members (excludes halogenated alkanes) is 6. The molecule has 0 radical (unpaired) electrons. The Morgan fingerprint density at radius 1 is 0.615 bits per heavy atom. The summed E-state index contributed by atoms with van der Waals surface area (Å²) in [5.74, 6) is 1.70. The summed E-state index contributed by atoms with van der Waals surface area (Å²) in [6, 6.07) is 13.5. The molecule has 4 heteroatoms. The standard InChI is InChI=1S/C22H32N2O2/c1-18-19(23)13-11-15-21(18)25-16-9-5-3-2-4-6-10-17-26-22-14-8-7-12-20(22)24/h7-8,11-15H,2-6,9-10,16-17,23-24H2,1H3. The van der Waals surface area contributed by atoms with Crippen molar-refractivity contribution in [1.82, 2.24) is 0 Å². The first kappa shape index (κ1) is 20.0. The highest BCUT2D eigenvalue weighted by Gasteiger charge is 2.02. The molecule has 0 aliphatic carbocycles. The Labute approximate surface area is 157 Å². The lowest BCUT2D eigenvalue weighted by atomic mass is 10.1. The first-order valence-corrected chi connectivity index (χ1v) is 9.63. The zero-order valence-corrected chi connectivity index (χ0v) is 15.9. The zero-order valence-electron chi connectivity index (χ0n) is 15.9. The van der Waals surface area contributed by atoms with Gasteiger partial charge in [-0.2, -0.15) is 0 Å². The Morgan fingerprint density at radius 2 is 1.12 bits per heavy atom. The average Bonchev–Trinajstić information content (AvgIpc) is 2.64. The maximum Gasteiger partial charge on any atom is 0.142 e. The summed E-state index contributed by atoms with van der Waals surface area (Å²) in [6.07, 6.45) is 8.35. The van der Waals surface area contributed by atoms with Crippen molar-refractivity contribution in [2.75, 3.05) is 24.7 Å². The van der Waals surface area contributed by atoms with Crippen LogP contribution in [0.3, 0.4) is 0 Å². The zero-order chi connectivity index (χ0) is 18.6. The molecule has 0 unspecified atom stereocenters. The maximum absolute atomic E-state index is 5.89. The van der Waals surface area contributed by atoms with E-state index < -0.39 is 0 Å². The minimum absolute atomic E-state index is 0.711. The van der Waals surface area contributed by atoms with E-state index in [4.69, 9.17) is 20.9 Å². The van der Waals surface area contributed by atoms with Crippen molar-refractivity contribution in [3.8, 4) is 11.5 Å². The van der Waals surface area contributed by atoms with Gasteiger partial charge in [-0.3, -0.25) is 0 Å². The molecule has 0 atom stereocenters. The van der Waals surface area contributed by atoms with E-state index in [0.29, 0.717) is 5.69 Å². The quantitative estimate of drug-likeness (QED) is 0.397. The van der Waals surface area contributed by atoms with Crippen LogP contribution in [0.15, 0.2) is 42.5 Å². The third-order valence-corrected chi connectivity index (χ3v) is 4.55. The molecule has 0 fully saturated rings. The number of nitrogen functional groups attached to an aromatic ring is 2. The molecule has 0 aliphatic heterocycles. The number of hydrogen-bond acceptors (Lipinski definition) is 4. The van der Waals surface area contributed by atoms with Crippen LogP contribution in [-0.4, -0.2) is 13.2 Å². The largest absolute Gasteiger partial charge is 0.493 e. The summed E-state index contributed by atoms with van der Waals surface area (Å²) in [6.45, 7) is 3.50. The molecule has 2 aromatic rings. The normalized spacial score (nSPS) is 10.7. The molecular formula is C22H32N2O2. The Morgan fingerprint density at radius 3 is 1.77 bits per heavy atom. The van der Waals surface area contributed by atoms with Gasteiger partial charge in [0.15, 0.2) is 0 Å². The lowest BCUT2D eigenvalue weighted by Gasteiger charge is -2.10. The number of benzene rings is 2. The van der Waals surface area contributed by atoms with Crippen LogP contribution in [0.25, 0.3) is 0 Å². The smallest absolute Gasteiger partial charge is 0.142 e. The Hall–Kier alpha value is -2.36. The van der Waals surface area contributed by atoms with E-state index in [1.165, 1.54) is 32.1 Å². The van der Waals surface area contributed by atoms with Crippen molar-refractivity contribution in [3.63, 3.8) is 0 Å². The van der Waals surface area contributed by atoms with E-state index in [0.717, 1.165) is 48.8 Å². The van der Waals surface area contributed by atoms with Crippen LogP contribution in [-0.2, 0) is 0 Å². The second-order valence-corrected chi connectivity index (χ2v) is 6.68. The van der Waals surface area contributed by atoms with Crippen LogP contribution in [0.5, 0.6) is 11.5 Å². The number of rotatable bonds is 12. The molecule has 2 rings (SSSR count). The number of hydrogen-bond donors (Lipinski definition) is 2. The van der Waals surface area contributed by atoms with Crippen molar-refractivity contribution >= 4 is 11.4 Å². The molecule has 0 bridgehead atoms. The molecular weight excluding hydrogens is 324 g/mol. The van der Waals surface area contributed by atoms with Gasteiger partial charge in [-0.15, -0.1) is 0 Å². The molecule has 0 spiro atoms. The fourth-order valence-electron chi connectivity index (χ4n) is 2.85. The van der Waals surface area contributed by atoms with Gasteiger partial charge in [-0.1, -0.05) is 50.3 Å². The minimum Gasteiger partial charge on any atom is -0.493 e. The van der Waals surface area contributed by atoms with Gasteiger partial charge in [-0.25, -0.2) is 0 Å². The third kappa shape index (κ3) is 6.87. The summed E-state index contributed by atoms with van der Waals surface area (Å²) < 4.78 is 11.5. The summed E-state index contributed by atoms with van der Waals surface area (Å²) >= 11 is 0. The van der Waals surface area contributed by atoms with E-state index in [2.05, 4.69) is 0 Å². The van der Waals surface area contributed by atoms with E-state index in [1.807, 2.05) is 49.4 Å². The fraction of sp³-hybridized carbons (Fsp3) is 0.455. The molecule has 0 aromatic heterocycles. The molecule has 0 heterocycles. The second-order valence-electron chi connectivity index (χ2n) is 6.68. The predicted molar refractivity (Wildman–Crippen MR) is 110 cm³/mol. The average molecular weight is 357 g/mol. The molecule has 142 valence electrons. The van der Waals surface area contributed by atoms with Gasteiger partial charge >= 0.3 is 0 Å².